The van der Waals surface area contributed by atoms with E-state index in [1.807, 2.05) is 47.4 Å². The van der Waals surface area contributed by atoms with Crippen molar-refractivity contribution in [2.45, 2.75) is 0 Å². The highest BCUT2D eigenvalue weighted by atomic mass is 16.2. The predicted octanol–water partition coefficient (Wildman–Crippen LogP) is 2.43. The van der Waals surface area contributed by atoms with E-state index in [1.54, 1.807) is 36.5 Å². The van der Waals surface area contributed by atoms with Gasteiger partial charge in [-0.25, -0.2) is 4.68 Å². The number of rotatable bonds is 4. The molecule has 0 aliphatic carbocycles. The molecule has 2 aliphatic heterocycles. The zero-order valence-electron chi connectivity index (χ0n) is 20.5. The first-order valence-corrected chi connectivity index (χ1v) is 12.4. The summed E-state index contributed by atoms with van der Waals surface area (Å²) in [5.74, 6) is -0.0350. The van der Waals surface area contributed by atoms with Gasteiger partial charge in [-0.05, 0) is 65.9 Å². The molecule has 0 atom stereocenters. The molecule has 1 fully saturated rings. The van der Waals surface area contributed by atoms with Crippen molar-refractivity contribution in [2.75, 3.05) is 31.1 Å². The number of aromatic amines is 1. The van der Waals surface area contributed by atoms with Crippen LogP contribution in [0.15, 0.2) is 88.8 Å². The highest BCUT2D eigenvalue weighted by molar-refractivity contribution is 5.94. The molecule has 1 saturated heterocycles. The van der Waals surface area contributed by atoms with Gasteiger partial charge < -0.3 is 9.80 Å². The molecule has 0 saturated carbocycles. The number of para-hydroxylation sites is 1. The van der Waals surface area contributed by atoms with Crippen LogP contribution in [-0.2, 0) is 0 Å². The number of carbonyl (C=O) groups is 1. The molecule has 2 aliphatic rings. The third-order valence-electron chi connectivity index (χ3n) is 6.93. The maximum Gasteiger partial charge on any atom is 0.279 e. The smallest absolute Gasteiger partial charge is 0.279 e. The third kappa shape index (κ3) is 4.31. The Morgan fingerprint density at radius 1 is 0.947 bits per heavy atom. The van der Waals surface area contributed by atoms with E-state index in [9.17, 15) is 14.9 Å². The second-order valence-electron chi connectivity index (χ2n) is 9.22. The lowest BCUT2D eigenvalue weighted by atomic mass is 10.1. The molecule has 8 heteroatoms. The predicted molar refractivity (Wildman–Crippen MR) is 145 cm³/mol. The van der Waals surface area contributed by atoms with Gasteiger partial charge in [0.25, 0.3) is 11.5 Å². The van der Waals surface area contributed by atoms with Gasteiger partial charge in [-0.2, -0.15) is 5.26 Å². The van der Waals surface area contributed by atoms with Crippen molar-refractivity contribution >= 4 is 23.7 Å². The van der Waals surface area contributed by atoms with Crippen LogP contribution >= 0.6 is 0 Å². The van der Waals surface area contributed by atoms with E-state index < -0.39 is 0 Å². The molecular formula is C30H24N6O2. The van der Waals surface area contributed by atoms with Crippen molar-refractivity contribution in [3.63, 3.8) is 0 Å². The molecule has 186 valence electrons. The fourth-order valence-corrected chi connectivity index (χ4v) is 4.87. The van der Waals surface area contributed by atoms with Gasteiger partial charge in [0.2, 0.25) is 0 Å². The molecule has 0 bridgehead atoms. The highest BCUT2D eigenvalue weighted by Crippen LogP contribution is 2.18. The van der Waals surface area contributed by atoms with E-state index in [0.29, 0.717) is 24.3 Å². The molecule has 4 aromatic rings. The fourth-order valence-electron chi connectivity index (χ4n) is 4.87. The average Bonchev–Trinajstić information content (AvgIpc) is 3.57. The quantitative estimate of drug-likeness (QED) is 0.466. The van der Waals surface area contributed by atoms with Crippen LogP contribution in [0.1, 0.15) is 27.2 Å². The Morgan fingerprint density at radius 2 is 1.71 bits per heavy atom. The Kier molecular flexibility index (Phi) is 5.94. The number of amides is 1. The molecule has 1 aromatic heterocycles. The van der Waals surface area contributed by atoms with E-state index in [1.165, 1.54) is 4.68 Å². The molecule has 3 heterocycles. The summed E-state index contributed by atoms with van der Waals surface area (Å²) in [5, 5.41) is 14.2. The molecule has 6 rings (SSSR count). The van der Waals surface area contributed by atoms with Crippen molar-refractivity contribution in [1.82, 2.24) is 14.7 Å². The van der Waals surface area contributed by atoms with Gasteiger partial charge in [0, 0.05) is 49.2 Å². The van der Waals surface area contributed by atoms with Crippen LogP contribution in [-0.4, -0.2) is 46.8 Å². The van der Waals surface area contributed by atoms with E-state index in [0.717, 1.165) is 34.9 Å². The number of anilines is 1. The summed E-state index contributed by atoms with van der Waals surface area (Å²) < 4.78 is 1.33. The van der Waals surface area contributed by atoms with Crippen LogP contribution in [0.5, 0.6) is 0 Å². The molecule has 0 unspecified atom stereocenters. The lowest BCUT2D eigenvalue weighted by Crippen LogP contribution is -2.48. The molecule has 3 aromatic carbocycles. The Bertz CT molecular complexity index is 1770. The number of hydrogen-bond donors (Lipinski definition) is 1. The molecule has 38 heavy (non-hydrogen) atoms. The fraction of sp³-hybridized carbons (Fsp3) is 0.133. The summed E-state index contributed by atoms with van der Waals surface area (Å²) >= 11 is 0. The first-order chi connectivity index (χ1) is 18.6. The number of nitrogens with one attached hydrogen (secondary N) is 1. The largest absolute Gasteiger partial charge is 0.368 e. The Balaban J connectivity index is 1.21. The number of aromatic nitrogens is 2. The maximum atomic E-state index is 13.2. The Hall–Kier alpha value is -5.16. The van der Waals surface area contributed by atoms with E-state index in [-0.39, 0.29) is 22.7 Å². The minimum Gasteiger partial charge on any atom is -0.368 e. The highest BCUT2D eigenvalue weighted by Gasteiger charge is 2.22. The van der Waals surface area contributed by atoms with Crippen molar-refractivity contribution in [1.29, 1.82) is 5.26 Å². The molecular weight excluding hydrogens is 476 g/mol. The van der Waals surface area contributed by atoms with Crippen molar-refractivity contribution in [3.05, 3.63) is 122 Å². The van der Waals surface area contributed by atoms with E-state index in [2.05, 4.69) is 33.2 Å². The SMILES string of the molecule is N#Cc1[nH]n(-c2ccc(C(=O)N3CCN(c4ccccc4)CC3)cc2)c(=O)c1C=c1ccc2c(c1)C=CN=2. The second kappa shape index (κ2) is 9.71. The van der Waals surface area contributed by atoms with Crippen LogP contribution < -0.4 is 21.0 Å². The number of piperazine rings is 1. The summed E-state index contributed by atoms with van der Waals surface area (Å²) in [5.41, 5.74) is 3.36. The lowest BCUT2D eigenvalue weighted by Gasteiger charge is -2.36. The van der Waals surface area contributed by atoms with Crippen LogP contribution in [0, 0.1) is 11.3 Å². The normalized spacial score (nSPS) is 14.8. The second-order valence-corrected chi connectivity index (χ2v) is 9.22. The van der Waals surface area contributed by atoms with Gasteiger partial charge in [0.05, 0.1) is 16.6 Å². The Labute approximate surface area is 218 Å². The summed E-state index contributed by atoms with van der Waals surface area (Å²) in [6.45, 7) is 2.83. The van der Waals surface area contributed by atoms with Crippen LogP contribution in [0.3, 0.4) is 0 Å². The van der Waals surface area contributed by atoms with Gasteiger partial charge in [-0.1, -0.05) is 24.3 Å². The van der Waals surface area contributed by atoms with Gasteiger partial charge in [0.15, 0.2) is 0 Å². The van der Waals surface area contributed by atoms with Gasteiger partial charge >= 0.3 is 0 Å². The van der Waals surface area contributed by atoms with Crippen molar-refractivity contribution in [3.8, 4) is 11.8 Å². The summed E-state index contributed by atoms with van der Waals surface area (Å²) in [6.07, 6.45) is 5.34. The average molecular weight is 501 g/mol. The number of nitrogens with zero attached hydrogens (tertiary/aromatic N) is 5. The van der Waals surface area contributed by atoms with Gasteiger partial charge in [-0.15, -0.1) is 0 Å². The monoisotopic (exact) mass is 500 g/mol. The zero-order valence-corrected chi connectivity index (χ0v) is 20.5. The van der Waals surface area contributed by atoms with Gasteiger partial charge in [-0.3, -0.25) is 19.7 Å². The van der Waals surface area contributed by atoms with E-state index in [4.69, 9.17) is 0 Å². The number of fused-ring (bicyclic) bond motifs is 1. The number of H-pyrrole nitrogens is 1. The van der Waals surface area contributed by atoms with Crippen molar-refractivity contribution in [2.24, 2.45) is 4.99 Å². The first kappa shape index (κ1) is 23.3. The van der Waals surface area contributed by atoms with Crippen LogP contribution in [0.2, 0.25) is 0 Å². The number of nitriles is 1. The van der Waals surface area contributed by atoms with E-state index >= 15 is 0 Å². The number of carbonyl (C=O) groups excluding carboxylic acids is 1. The van der Waals surface area contributed by atoms with Crippen LogP contribution in [0.25, 0.3) is 17.8 Å². The Morgan fingerprint density at radius 3 is 2.45 bits per heavy atom. The lowest BCUT2D eigenvalue weighted by molar-refractivity contribution is 0.0747. The minimum absolute atomic E-state index is 0.0350. The van der Waals surface area contributed by atoms with Gasteiger partial charge in [0.1, 0.15) is 11.8 Å². The molecule has 8 nitrogen and oxygen atoms in total. The molecule has 1 amide bonds. The summed E-state index contributed by atoms with van der Waals surface area (Å²) in [6, 6.07) is 24.9. The standard InChI is InChI=1S/C30H24N6O2/c31-20-28-26(19-21-6-11-27-23(18-21)12-13-32-27)30(38)36(33-28)25-9-7-22(8-10-25)29(37)35-16-14-34(15-17-35)24-4-2-1-3-5-24/h1-13,18-19,33H,14-17H2. The third-order valence-corrected chi connectivity index (χ3v) is 6.93. The number of hydrogen-bond acceptors (Lipinski definition) is 5. The maximum absolute atomic E-state index is 13.2. The zero-order chi connectivity index (χ0) is 26.1. The van der Waals surface area contributed by atoms with Crippen LogP contribution in [0.4, 0.5) is 5.69 Å². The molecule has 0 radical (unpaired) electrons. The summed E-state index contributed by atoms with van der Waals surface area (Å²) in [4.78, 5) is 34.8. The first-order valence-electron chi connectivity index (χ1n) is 12.4. The topological polar surface area (TPSA) is 97.5 Å². The minimum atomic E-state index is -0.335. The molecule has 0 spiro atoms. The number of benzene rings is 3. The summed E-state index contributed by atoms with van der Waals surface area (Å²) in [7, 11) is 0. The molecule has 1 N–H and O–H groups in total. The van der Waals surface area contributed by atoms with Crippen molar-refractivity contribution < 1.29 is 4.79 Å².